The van der Waals surface area contributed by atoms with Crippen molar-refractivity contribution in [1.29, 1.82) is 0 Å². The molecule has 2 rings (SSSR count). The first-order chi connectivity index (χ1) is 7.98. The molecule has 0 aliphatic rings. The zero-order valence-corrected chi connectivity index (χ0v) is 8.57. The number of aromatic nitrogens is 2. The summed E-state index contributed by atoms with van der Waals surface area (Å²) in [5, 5.41) is 0. The molecule has 3 nitrogen and oxygen atoms in total. The zero-order chi connectivity index (χ0) is 12.5. The molecule has 0 amide bonds. The lowest BCUT2D eigenvalue weighted by Crippen LogP contribution is -2.10. The summed E-state index contributed by atoms with van der Waals surface area (Å²) in [4.78, 5) is 7.39. The lowest BCUT2D eigenvalue weighted by molar-refractivity contribution is -0.137. The fourth-order valence-corrected chi connectivity index (χ4v) is 1.39. The molecule has 0 spiro atoms. The number of anilines is 1. The molecule has 0 bridgehead atoms. The molecule has 0 aliphatic carbocycles. The second-order valence-corrected chi connectivity index (χ2v) is 3.40. The third-order valence-corrected chi connectivity index (χ3v) is 2.22. The van der Waals surface area contributed by atoms with E-state index in [2.05, 4.69) is 9.97 Å². The van der Waals surface area contributed by atoms with Crippen LogP contribution in [0.5, 0.6) is 0 Å². The third kappa shape index (κ3) is 2.35. The Balaban J connectivity index is 2.53. The molecule has 88 valence electrons. The van der Waals surface area contributed by atoms with E-state index in [9.17, 15) is 13.2 Å². The molecule has 0 saturated heterocycles. The summed E-state index contributed by atoms with van der Waals surface area (Å²) in [6, 6.07) is 4.26. The van der Waals surface area contributed by atoms with E-state index in [-0.39, 0.29) is 0 Å². The number of nitrogen functional groups attached to an aromatic ring is 1. The van der Waals surface area contributed by atoms with E-state index in [1.54, 1.807) is 18.3 Å². The van der Waals surface area contributed by atoms with Crippen LogP contribution in [0.15, 0.2) is 36.8 Å². The van der Waals surface area contributed by atoms with Crippen molar-refractivity contribution >= 4 is 5.82 Å². The van der Waals surface area contributed by atoms with Crippen molar-refractivity contribution in [2.24, 2.45) is 0 Å². The second kappa shape index (κ2) is 4.04. The number of nitrogens with zero attached hydrogens (tertiary/aromatic N) is 2. The van der Waals surface area contributed by atoms with E-state index in [1.807, 2.05) is 0 Å². The Labute approximate surface area is 95.1 Å². The maximum Gasteiger partial charge on any atom is 0.419 e. The fraction of sp³-hybridized carbons (Fsp3) is 0.0909. The minimum Gasteiger partial charge on any atom is -0.383 e. The Kier molecular flexibility index (Phi) is 2.71. The van der Waals surface area contributed by atoms with Gasteiger partial charge in [-0.25, -0.2) is 4.98 Å². The Morgan fingerprint density at radius 3 is 2.47 bits per heavy atom. The number of rotatable bonds is 1. The maximum atomic E-state index is 12.6. The summed E-state index contributed by atoms with van der Waals surface area (Å²) in [5.74, 6) is -0.523. The van der Waals surface area contributed by atoms with Crippen molar-refractivity contribution < 1.29 is 13.2 Å². The van der Waals surface area contributed by atoms with E-state index in [1.165, 1.54) is 12.4 Å². The van der Waals surface area contributed by atoms with Crippen molar-refractivity contribution in [3.63, 3.8) is 0 Å². The lowest BCUT2D eigenvalue weighted by Gasteiger charge is -2.10. The number of alkyl halides is 3. The van der Waals surface area contributed by atoms with Gasteiger partial charge in [-0.15, -0.1) is 0 Å². The standard InChI is InChI=1S/C11H8F3N3/c12-11(13,14)9-4-8(6-17-10(9)15)7-2-1-3-16-5-7/h1-6H,(H2,15,17). The predicted octanol–water partition coefficient (Wildman–Crippen LogP) is 2.74. The number of hydrogen-bond acceptors (Lipinski definition) is 3. The first kappa shape index (κ1) is 11.4. The van der Waals surface area contributed by atoms with Crippen LogP contribution in [-0.2, 0) is 6.18 Å². The van der Waals surface area contributed by atoms with Crippen LogP contribution in [0.2, 0.25) is 0 Å². The van der Waals surface area contributed by atoms with Gasteiger partial charge in [0.05, 0.1) is 5.56 Å². The summed E-state index contributed by atoms with van der Waals surface area (Å²) in [6.45, 7) is 0. The van der Waals surface area contributed by atoms with Crippen molar-refractivity contribution in [3.05, 3.63) is 42.4 Å². The summed E-state index contributed by atoms with van der Waals surface area (Å²) in [6.07, 6.45) is -0.205. The zero-order valence-electron chi connectivity index (χ0n) is 8.57. The van der Waals surface area contributed by atoms with Gasteiger partial charge in [-0.3, -0.25) is 4.98 Å². The fourth-order valence-electron chi connectivity index (χ4n) is 1.39. The number of hydrogen-bond donors (Lipinski definition) is 1. The van der Waals surface area contributed by atoms with Gasteiger partial charge in [0.1, 0.15) is 5.82 Å². The topological polar surface area (TPSA) is 51.8 Å². The molecule has 2 N–H and O–H groups in total. The van der Waals surface area contributed by atoms with Crippen LogP contribution in [0.25, 0.3) is 11.1 Å². The highest BCUT2D eigenvalue weighted by Gasteiger charge is 2.34. The molecule has 17 heavy (non-hydrogen) atoms. The lowest BCUT2D eigenvalue weighted by atomic mass is 10.1. The molecular formula is C11H8F3N3. The molecule has 0 fully saturated rings. The minimum absolute atomic E-state index is 0.333. The van der Waals surface area contributed by atoms with Gasteiger partial charge < -0.3 is 5.73 Å². The molecule has 2 aromatic rings. The van der Waals surface area contributed by atoms with Gasteiger partial charge in [-0.1, -0.05) is 6.07 Å². The van der Waals surface area contributed by atoms with Gasteiger partial charge in [0.25, 0.3) is 0 Å². The van der Waals surface area contributed by atoms with E-state index < -0.39 is 17.6 Å². The smallest absolute Gasteiger partial charge is 0.383 e. The Hall–Kier alpha value is -2.11. The second-order valence-electron chi connectivity index (χ2n) is 3.40. The van der Waals surface area contributed by atoms with Crippen molar-refractivity contribution in [2.45, 2.75) is 6.18 Å². The van der Waals surface area contributed by atoms with Crippen LogP contribution in [0, 0.1) is 0 Å². The normalized spacial score (nSPS) is 11.5. The first-order valence-corrected chi connectivity index (χ1v) is 4.71. The molecule has 6 heteroatoms. The van der Waals surface area contributed by atoms with E-state index in [0.29, 0.717) is 11.1 Å². The SMILES string of the molecule is Nc1ncc(-c2cccnc2)cc1C(F)(F)F. The minimum atomic E-state index is -4.50. The molecular weight excluding hydrogens is 231 g/mol. The van der Waals surface area contributed by atoms with Crippen molar-refractivity contribution in [3.8, 4) is 11.1 Å². The highest BCUT2D eigenvalue weighted by Crippen LogP contribution is 2.34. The first-order valence-electron chi connectivity index (χ1n) is 4.71. The van der Waals surface area contributed by atoms with Crippen LogP contribution in [0.3, 0.4) is 0 Å². The van der Waals surface area contributed by atoms with Crippen LogP contribution < -0.4 is 5.73 Å². The molecule has 0 saturated carbocycles. The molecule has 0 atom stereocenters. The molecule has 0 aliphatic heterocycles. The quantitative estimate of drug-likeness (QED) is 0.832. The van der Waals surface area contributed by atoms with Gasteiger partial charge in [0.2, 0.25) is 0 Å². The summed E-state index contributed by atoms with van der Waals surface area (Å²) in [7, 11) is 0. The highest BCUT2D eigenvalue weighted by molar-refractivity contribution is 5.64. The summed E-state index contributed by atoms with van der Waals surface area (Å²) >= 11 is 0. The molecule has 2 heterocycles. The highest BCUT2D eigenvalue weighted by atomic mass is 19.4. The van der Waals surface area contributed by atoms with E-state index >= 15 is 0 Å². The van der Waals surface area contributed by atoms with E-state index in [0.717, 1.165) is 6.07 Å². The van der Waals surface area contributed by atoms with Crippen molar-refractivity contribution in [2.75, 3.05) is 5.73 Å². The Morgan fingerprint density at radius 2 is 1.88 bits per heavy atom. The van der Waals surface area contributed by atoms with Crippen LogP contribution >= 0.6 is 0 Å². The molecule has 0 radical (unpaired) electrons. The van der Waals surface area contributed by atoms with Gasteiger partial charge in [0, 0.05) is 29.7 Å². The Morgan fingerprint density at radius 1 is 1.12 bits per heavy atom. The molecule has 2 aromatic heterocycles. The van der Waals surface area contributed by atoms with Crippen molar-refractivity contribution in [1.82, 2.24) is 9.97 Å². The number of halogens is 3. The third-order valence-electron chi connectivity index (χ3n) is 2.22. The van der Waals surface area contributed by atoms with Gasteiger partial charge in [0.15, 0.2) is 0 Å². The van der Waals surface area contributed by atoms with Gasteiger partial charge in [-0.2, -0.15) is 13.2 Å². The van der Waals surface area contributed by atoms with Crippen LogP contribution in [0.1, 0.15) is 5.56 Å². The largest absolute Gasteiger partial charge is 0.419 e. The monoisotopic (exact) mass is 239 g/mol. The van der Waals surface area contributed by atoms with Crippen LogP contribution in [-0.4, -0.2) is 9.97 Å². The summed E-state index contributed by atoms with van der Waals surface area (Å²) < 4.78 is 37.8. The average molecular weight is 239 g/mol. The van der Waals surface area contributed by atoms with Crippen LogP contribution in [0.4, 0.5) is 19.0 Å². The number of nitrogens with two attached hydrogens (primary N) is 1. The predicted molar refractivity (Wildman–Crippen MR) is 56.9 cm³/mol. The molecule has 0 unspecified atom stereocenters. The number of pyridine rings is 2. The Bertz CT molecular complexity index is 523. The maximum absolute atomic E-state index is 12.6. The molecule has 0 aromatic carbocycles. The van der Waals surface area contributed by atoms with Gasteiger partial charge >= 0.3 is 6.18 Å². The van der Waals surface area contributed by atoms with E-state index in [4.69, 9.17) is 5.73 Å². The van der Waals surface area contributed by atoms with Gasteiger partial charge in [-0.05, 0) is 12.1 Å². The average Bonchev–Trinajstić information content (AvgIpc) is 2.29. The summed E-state index contributed by atoms with van der Waals surface area (Å²) in [5.41, 5.74) is 5.17.